The lowest BCUT2D eigenvalue weighted by molar-refractivity contribution is 0.0852. The SMILES string of the molecule is CCCCOn1nnc2ccc(S(=O)(=O)CCl)cc21. The summed E-state index contributed by atoms with van der Waals surface area (Å²) in [7, 11) is -3.47. The number of aromatic nitrogens is 3. The van der Waals surface area contributed by atoms with Gasteiger partial charge in [0, 0.05) is 0 Å². The minimum absolute atomic E-state index is 0.137. The molecule has 104 valence electrons. The van der Waals surface area contributed by atoms with Crippen LogP contribution in [-0.2, 0) is 9.84 Å². The molecule has 0 spiro atoms. The Hall–Kier alpha value is -1.34. The maximum atomic E-state index is 11.7. The van der Waals surface area contributed by atoms with Crippen LogP contribution in [-0.4, -0.2) is 35.4 Å². The molecule has 0 aliphatic heterocycles. The highest BCUT2D eigenvalue weighted by molar-refractivity contribution is 7.92. The quantitative estimate of drug-likeness (QED) is 0.599. The summed E-state index contributed by atoms with van der Waals surface area (Å²) in [6, 6.07) is 4.52. The molecule has 0 saturated carbocycles. The van der Waals surface area contributed by atoms with Crippen molar-refractivity contribution in [3.63, 3.8) is 0 Å². The van der Waals surface area contributed by atoms with Gasteiger partial charge in [0.2, 0.25) is 0 Å². The molecule has 2 aromatic rings. The molecule has 0 aliphatic carbocycles. The fraction of sp³-hybridized carbons (Fsp3) is 0.455. The summed E-state index contributed by atoms with van der Waals surface area (Å²) in [5.41, 5.74) is 1.09. The van der Waals surface area contributed by atoms with Crippen molar-refractivity contribution in [1.82, 2.24) is 15.2 Å². The van der Waals surface area contributed by atoms with Crippen LogP contribution in [0.15, 0.2) is 23.1 Å². The lowest BCUT2D eigenvalue weighted by Crippen LogP contribution is -2.14. The van der Waals surface area contributed by atoms with Crippen molar-refractivity contribution in [2.75, 3.05) is 11.8 Å². The number of halogens is 1. The first-order chi connectivity index (χ1) is 9.08. The van der Waals surface area contributed by atoms with E-state index >= 15 is 0 Å². The summed E-state index contributed by atoms with van der Waals surface area (Å²) in [6.45, 7) is 2.55. The molecular weight excluding hydrogens is 290 g/mol. The monoisotopic (exact) mass is 303 g/mol. The van der Waals surface area contributed by atoms with Crippen molar-refractivity contribution >= 4 is 32.5 Å². The Balaban J connectivity index is 2.37. The largest absolute Gasteiger partial charge is 0.395 e. The number of hydrogen-bond acceptors (Lipinski definition) is 5. The fourth-order valence-corrected chi connectivity index (χ4v) is 2.60. The number of unbranched alkanes of at least 4 members (excludes halogenated alkanes) is 1. The smallest absolute Gasteiger partial charge is 0.192 e. The number of fused-ring (bicyclic) bond motifs is 1. The van der Waals surface area contributed by atoms with Gasteiger partial charge in [-0.05, 0) is 29.8 Å². The van der Waals surface area contributed by atoms with E-state index in [1.807, 2.05) is 6.92 Å². The molecule has 1 heterocycles. The maximum absolute atomic E-state index is 11.7. The molecule has 0 radical (unpaired) electrons. The second-order valence-electron chi connectivity index (χ2n) is 4.02. The zero-order valence-electron chi connectivity index (χ0n) is 10.4. The van der Waals surface area contributed by atoms with Gasteiger partial charge in [0.25, 0.3) is 0 Å². The zero-order chi connectivity index (χ0) is 13.9. The van der Waals surface area contributed by atoms with Gasteiger partial charge in [0.1, 0.15) is 22.9 Å². The Kier molecular flexibility index (Phi) is 4.26. The third kappa shape index (κ3) is 2.98. The second kappa shape index (κ2) is 5.75. The van der Waals surface area contributed by atoms with Gasteiger partial charge in [-0.2, -0.15) is 0 Å². The first-order valence-electron chi connectivity index (χ1n) is 5.86. The lowest BCUT2D eigenvalue weighted by Gasteiger charge is -2.05. The van der Waals surface area contributed by atoms with Crippen molar-refractivity contribution in [2.45, 2.75) is 24.7 Å². The van der Waals surface area contributed by atoms with Crippen molar-refractivity contribution in [3.05, 3.63) is 18.2 Å². The van der Waals surface area contributed by atoms with Crippen LogP contribution in [0.3, 0.4) is 0 Å². The average molecular weight is 304 g/mol. The topological polar surface area (TPSA) is 74.1 Å². The first kappa shape index (κ1) is 14.1. The van der Waals surface area contributed by atoms with Crippen LogP contribution in [0.4, 0.5) is 0 Å². The zero-order valence-corrected chi connectivity index (χ0v) is 12.0. The van der Waals surface area contributed by atoms with E-state index < -0.39 is 15.0 Å². The van der Waals surface area contributed by atoms with Crippen molar-refractivity contribution in [2.24, 2.45) is 0 Å². The molecule has 19 heavy (non-hydrogen) atoms. The van der Waals surface area contributed by atoms with Crippen LogP contribution in [0.2, 0.25) is 0 Å². The van der Waals surface area contributed by atoms with E-state index in [1.165, 1.54) is 17.0 Å². The molecular formula is C11H14ClN3O3S. The summed E-state index contributed by atoms with van der Waals surface area (Å²) in [6.07, 6.45) is 1.89. The van der Waals surface area contributed by atoms with Crippen LogP contribution in [0.1, 0.15) is 19.8 Å². The van der Waals surface area contributed by atoms with Gasteiger partial charge < -0.3 is 4.84 Å². The molecule has 1 aromatic carbocycles. The van der Waals surface area contributed by atoms with Crippen LogP contribution in [0.25, 0.3) is 11.0 Å². The Bertz CT molecular complexity index is 669. The van der Waals surface area contributed by atoms with Gasteiger partial charge in [-0.1, -0.05) is 18.2 Å². The second-order valence-corrected chi connectivity index (χ2v) is 6.60. The van der Waals surface area contributed by atoms with Gasteiger partial charge >= 0.3 is 0 Å². The highest BCUT2D eigenvalue weighted by Gasteiger charge is 2.15. The predicted molar refractivity (Wildman–Crippen MR) is 71.8 cm³/mol. The maximum Gasteiger partial charge on any atom is 0.192 e. The number of benzene rings is 1. The van der Waals surface area contributed by atoms with Gasteiger partial charge in [0.05, 0.1) is 4.90 Å². The average Bonchev–Trinajstić information content (AvgIpc) is 2.82. The Morgan fingerprint density at radius 3 is 2.89 bits per heavy atom. The third-order valence-electron chi connectivity index (χ3n) is 2.60. The van der Waals surface area contributed by atoms with E-state index in [1.54, 1.807) is 6.07 Å². The normalized spacial score (nSPS) is 11.9. The van der Waals surface area contributed by atoms with Crippen LogP contribution < -0.4 is 4.84 Å². The van der Waals surface area contributed by atoms with Gasteiger partial charge in [-0.3, -0.25) is 0 Å². The molecule has 2 rings (SSSR count). The summed E-state index contributed by atoms with van der Waals surface area (Å²) in [4.78, 5) is 6.80. The van der Waals surface area contributed by atoms with E-state index in [2.05, 4.69) is 10.3 Å². The number of rotatable bonds is 6. The van der Waals surface area contributed by atoms with E-state index in [9.17, 15) is 8.42 Å². The summed E-state index contributed by atoms with van der Waals surface area (Å²) < 4.78 is 23.4. The summed E-state index contributed by atoms with van der Waals surface area (Å²) >= 11 is 5.44. The summed E-state index contributed by atoms with van der Waals surface area (Å²) in [5, 5.41) is 7.28. The molecule has 0 atom stereocenters. The number of alkyl halides is 1. The minimum atomic E-state index is -3.47. The van der Waals surface area contributed by atoms with Crippen LogP contribution in [0.5, 0.6) is 0 Å². The molecule has 8 heteroatoms. The Morgan fingerprint density at radius 2 is 2.21 bits per heavy atom. The molecule has 1 aromatic heterocycles. The van der Waals surface area contributed by atoms with E-state index in [0.717, 1.165) is 12.8 Å². The third-order valence-corrected chi connectivity index (χ3v) is 4.72. The summed E-state index contributed by atoms with van der Waals surface area (Å²) in [5.74, 6) is 0. The molecule has 6 nitrogen and oxygen atoms in total. The van der Waals surface area contributed by atoms with E-state index in [4.69, 9.17) is 16.4 Å². The fourth-order valence-electron chi connectivity index (χ4n) is 1.53. The number of nitrogens with zero attached hydrogens (tertiary/aromatic N) is 3. The molecule has 0 N–H and O–H groups in total. The molecule has 0 bridgehead atoms. The highest BCUT2D eigenvalue weighted by Crippen LogP contribution is 2.18. The molecule has 0 unspecified atom stereocenters. The van der Waals surface area contributed by atoms with Crippen LogP contribution >= 0.6 is 11.6 Å². The predicted octanol–water partition coefficient (Wildman–Crippen LogP) is 1.63. The molecule has 0 saturated heterocycles. The molecule has 0 fully saturated rings. The van der Waals surface area contributed by atoms with Gasteiger partial charge in [-0.15, -0.1) is 16.7 Å². The van der Waals surface area contributed by atoms with Crippen LogP contribution in [0, 0.1) is 0 Å². The first-order valence-corrected chi connectivity index (χ1v) is 8.04. The Labute approximate surface area is 116 Å². The number of hydrogen-bond donors (Lipinski definition) is 0. The van der Waals surface area contributed by atoms with Crippen molar-refractivity contribution in [3.8, 4) is 0 Å². The van der Waals surface area contributed by atoms with Crippen molar-refractivity contribution < 1.29 is 13.3 Å². The van der Waals surface area contributed by atoms with Gasteiger partial charge in [-0.25, -0.2) is 8.42 Å². The Morgan fingerprint density at radius 1 is 1.42 bits per heavy atom. The molecule has 0 aliphatic rings. The standard InChI is InChI=1S/C11H14ClN3O3S/c1-2-3-6-18-15-11-7-9(19(16,17)8-12)4-5-10(11)13-14-15/h4-5,7H,2-3,6,8H2,1H3. The van der Waals surface area contributed by atoms with E-state index in [-0.39, 0.29) is 4.90 Å². The highest BCUT2D eigenvalue weighted by atomic mass is 35.5. The van der Waals surface area contributed by atoms with Crippen molar-refractivity contribution in [1.29, 1.82) is 0 Å². The van der Waals surface area contributed by atoms with E-state index in [0.29, 0.717) is 17.6 Å². The van der Waals surface area contributed by atoms with Gasteiger partial charge in [0.15, 0.2) is 9.84 Å². The lowest BCUT2D eigenvalue weighted by atomic mass is 10.3. The number of sulfone groups is 1. The minimum Gasteiger partial charge on any atom is -0.395 e. The molecule has 0 amide bonds.